The molecule has 2 nitrogen and oxygen atoms in total. The third kappa shape index (κ3) is 2.11. The van der Waals surface area contributed by atoms with E-state index in [1.165, 1.54) is 24.8 Å². The number of piperidine rings is 1. The molecule has 2 heteroatoms. The topological polar surface area (TPSA) is 32.3 Å². The normalized spacial score (nSPS) is 37.5. The van der Waals surface area contributed by atoms with Crippen LogP contribution in [0.1, 0.15) is 45.4 Å². The Kier molecular flexibility index (Phi) is 3.47. The highest BCUT2D eigenvalue weighted by molar-refractivity contribution is 5.21. The average molecular weight is 209 g/mol. The lowest BCUT2D eigenvalue weighted by atomic mass is 9.72. The Balaban J connectivity index is 2.17. The molecule has 1 aliphatic heterocycles. The van der Waals surface area contributed by atoms with Crippen LogP contribution in [0.3, 0.4) is 0 Å². The minimum atomic E-state index is -0.486. The molecule has 0 aromatic heterocycles. The van der Waals surface area contributed by atoms with Crippen LogP contribution in [0.2, 0.25) is 0 Å². The zero-order valence-electron chi connectivity index (χ0n) is 9.76. The Morgan fingerprint density at radius 3 is 3.07 bits per heavy atom. The van der Waals surface area contributed by atoms with Gasteiger partial charge in [-0.3, -0.25) is 0 Å². The van der Waals surface area contributed by atoms with E-state index in [0.717, 1.165) is 32.4 Å². The molecule has 1 fully saturated rings. The van der Waals surface area contributed by atoms with Crippen LogP contribution in [0.25, 0.3) is 0 Å². The summed E-state index contributed by atoms with van der Waals surface area (Å²) in [6, 6.07) is 0. The monoisotopic (exact) mass is 209 g/mol. The molecule has 2 atom stereocenters. The predicted octanol–water partition coefficient (Wildman–Crippen LogP) is 2.24. The van der Waals surface area contributed by atoms with Gasteiger partial charge in [0, 0.05) is 12.5 Å². The molecule has 0 spiro atoms. The Labute approximate surface area is 92.8 Å². The summed E-state index contributed by atoms with van der Waals surface area (Å²) in [5, 5.41) is 14.2. The summed E-state index contributed by atoms with van der Waals surface area (Å²) in [7, 11) is 0. The summed E-state index contributed by atoms with van der Waals surface area (Å²) in [4.78, 5) is 0. The second-order valence-electron chi connectivity index (χ2n) is 4.96. The van der Waals surface area contributed by atoms with Gasteiger partial charge in [0.25, 0.3) is 0 Å². The van der Waals surface area contributed by atoms with Crippen LogP contribution in [0, 0.1) is 5.92 Å². The minimum Gasteiger partial charge on any atom is -0.385 e. The number of hydrogen-bond acceptors (Lipinski definition) is 2. The lowest BCUT2D eigenvalue weighted by Gasteiger charge is -2.43. The maximum Gasteiger partial charge on any atom is 0.0908 e. The molecule has 86 valence electrons. The Morgan fingerprint density at radius 2 is 2.40 bits per heavy atom. The molecule has 0 saturated carbocycles. The fraction of sp³-hybridized carbons (Fsp3) is 0.846. The number of nitrogens with one attached hydrogen (secondary N) is 1. The third-order valence-electron chi connectivity index (χ3n) is 4.09. The van der Waals surface area contributed by atoms with Crippen LogP contribution in [-0.2, 0) is 0 Å². The Morgan fingerprint density at radius 1 is 1.53 bits per heavy atom. The molecule has 1 heterocycles. The van der Waals surface area contributed by atoms with Crippen molar-refractivity contribution in [2.75, 3.05) is 13.1 Å². The van der Waals surface area contributed by atoms with Gasteiger partial charge in [0.1, 0.15) is 0 Å². The average Bonchev–Trinajstić information content (AvgIpc) is 2.31. The van der Waals surface area contributed by atoms with Crippen LogP contribution in [0.5, 0.6) is 0 Å². The molecule has 0 radical (unpaired) electrons. The van der Waals surface area contributed by atoms with Gasteiger partial charge in [0.2, 0.25) is 0 Å². The molecule has 2 rings (SSSR count). The van der Waals surface area contributed by atoms with E-state index in [4.69, 9.17) is 0 Å². The first-order valence-corrected chi connectivity index (χ1v) is 6.40. The predicted molar refractivity (Wildman–Crippen MR) is 62.8 cm³/mol. The number of rotatable bonds is 2. The minimum absolute atomic E-state index is 0.413. The molecule has 1 saturated heterocycles. The molecule has 0 aromatic rings. The van der Waals surface area contributed by atoms with Crippen molar-refractivity contribution >= 4 is 0 Å². The lowest BCUT2D eigenvalue weighted by Crippen LogP contribution is -2.51. The van der Waals surface area contributed by atoms with Gasteiger partial charge in [-0.15, -0.1) is 0 Å². The summed E-state index contributed by atoms with van der Waals surface area (Å²) in [6.45, 7) is 4.13. The van der Waals surface area contributed by atoms with Gasteiger partial charge in [0.15, 0.2) is 0 Å². The maximum atomic E-state index is 10.8. The van der Waals surface area contributed by atoms with Crippen molar-refractivity contribution in [3.63, 3.8) is 0 Å². The van der Waals surface area contributed by atoms with E-state index in [9.17, 15) is 5.11 Å². The molecule has 0 amide bonds. The van der Waals surface area contributed by atoms with Gasteiger partial charge >= 0.3 is 0 Å². The fourth-order valence-corrected chi connectivity index (χ4v) is 3.06. The molecular weight excluding hydrogens is 186 g/mol. The van der Waals surface area contributed by atoms with Gasteiger partial charge in [-0.25, -0.2) is 0 Å². The van der Waals surface area contributed by atoms with Crippen LogP contribution < -0.4 is 5.32 Å². The molecule has 15 heavy (non-hydrogen) atoms. The zero-order chi connectivity index (χ0) is 10.7. The van der Waals surface area contributed by atoms with Gasteiger partial charge in [-0.2, -0.15) is 0 Å². The lowest BCUT2D eigenvalue weighted by molar-refractivity contribution is -0.0126. The van der Waals surface area contributed by atoms with E-state index in [1.54, 1.807) is 0 Å². The van der Waals surface area contributed by atoms with Crippen molar-refractivity contribution in [1.29, 1.82) is 0 Å². The van der Waals surface area contributed by atoms with Crippen LogP contribution >= 0.6 is 0 Å². The molecule has 0 aromatic carbocycles. The summed E-state index contributed by atoms with van der Waals surface area (Å²) in [5.41, 5.74) is 0.850. The second-order valence-corrected chi connectivity index (χ2v) is 4.96. The molecule has 0 bridgehead atoms. The van der Waals surface area contributed by atoms with Crippen molar-refractivity contribution in [3.8, 4) is 0 Å². The summed E-state index contributed by atoms with van der Waals surface area (Å²) in [5.74, 6) is 0.413. The van der Waals surface area contributed by atoms with E-state index in [1.807, 2.05) is 0 Å². The van der Waals surface area contributed by atoms with E-state index in [-0.39, 0.29) is 0 Å². The van der Waals surface area contributed by atoms with Crippen LogP contribution in [0.15, 0.2) is 11.6 Å². The van der Waals surface area contributed by atoms with Crippen molar-refractivity contribution in [3.05, 3.63) is 11.6 Å². The van der Waals surface area contributed by atoms with Gasteiger partial charge in [-0.05, 0) is 50.6 Å². The highest BCUT2D eigenvalue weighted by Crippen LogP contribution is 2.38. The third-order valence-corrected chi connectivity index (χ3v) is 4.09. The SMILES string of the molecule is CCC1CNCCC1(O)C1=CCCCC1. The fourth-order valence-electron chi connectivity index (χ4n) is 3.06. The number of hydrogen-bond donors (Lipinski definition) is 2. The van der Waals surface area contributed by atoms with Gasteiger partial charge in [0.05, 0.1) is 5.60 Å². The standard InChI is InChI=1S/C13H23NO/c1-2-11-10-14-9-8-13(11,15)12-6-4-3-5-7-12/h6,11,14-15H,2-5,7-10H2,1H3. The highest BCUT2D eigenvalue weighted by Gasteiger charge is 2.40. The van der Waals surface area contributed by atoms with Gasteiger partial charge < -0.3 is 10.4 Å². The molecule has 2 unspecified atom stereocenters. The van der Waals surface area contributed by atoms with Gasteiger partial charge in [-0.1, -0.05) is 13.0 Å². The van der Waals surface area contributed by atoms with E-state index >= 15 is 0 Å². The van der Waals surface area contributed by atoms with Crippen molar-refractivity contribution in [2.45, 2.75) is 51.0 Å². The zero-order valence-corrected chi connectivity index (χ0v) is 9.76. The smallest absolute Gasteiger partial charge is 0.0908 e. The van der Waals surface area contributed by atoms with Crippen LogP contribution in [-0.4, -0.2) is 23.8 Å². The number of allylic oxidation sites excluding steroid dienone is 1. The second kappa shape index (κ2) is 4.67. The first-order chi connectivity index (χ1) is 7.27. The summed E-state index contributed by atoms with van der Waals surface area (Å²) < 4.78 is 0. The largest absolute Gasteiger partial charge is 0.385 e. The summed E-state index contributed by atoms with van der Waals surface area (Å²) >= 11 is 0. The van der Waals surface area contributed by atoms with Crippen molar-refractivity contribution in [2.24, 2.45) is 5.92 Å². The molecule has 2 N–H and O–H groups in total. The van der Waals surface area contributed by atoms with E-state index in [0.29, 0.717) is 5.92 Å². The Hall–Kier alpha value is -0.340. The van der Waals surface area contributed by atoms with Crippen LogP contribution in [0.4, 0.5) is 0 Å². The summed E-state index contributed by atoms with van der Waals surface area (Å²) in [6.07, 6.45) is 9.12. The molecule has 1 aliphatic carbocycles. The quantitative estimate of drug-likeness (QED) is 0.684. The van der Waals surface area contributed by atoms with E-state index in [2.05, 4.69) is 18.3 Å². The highest BCUT2D eigenvalue weighted by atomic mass is 16.3. The maximum absolute atomic E-state index is 10.8. The number of aliphatic hydroxyl groups is 1. The van der Waals surface area contributed by atoms with E-state index < -0.39 is 5.60 Å². The van der Waals surface area contributed by atoms with Crippen molar-refractivity contribution in [1.82, 2.24) is 5.32 Å². The molecule has 2 aliphatic rings. The Bertz CT molecular complexity index is 249. The first-order valence-electron chi connectivity index (χ1n) is 6.40. The molecular formula is C13H23NO. The van der Waals surface area contributed by atoms with Crippen molar-refractivity contribution < 1.29 is 5.11 Å². The first kappa shape index (κ1) is 11.2.